The number of rotatable bonds is 3. The van der Waals surface area contributed by atoms with Gasteiger partial charge in [0.2, 0.25) is 5.12 Å². The Kier molecular flexibility index (Phi) is 4.13. The van der Waals surface area contributed by atoms with Crippen LogP contribution in [0.25, 0.3) is 6.08 Å². The van der Waals surface area contributed by atoms with Gasteiger partial charge >= 0.3 is 0 Å². The van der Waals surface area contributed by atoms with Gasteiger partial charge in [-0.05, 0) is 36.6 Å². The van der Waals surface area contributed by atoms with Crippen LogP contribution in [-0.4, -0.2) is 27.5 Å². The maximum Gasteiger partial charge on any atom is 0.227 e. The van der Waals surface area contributed by atoms with E-state index in [0.29, 0.717) is 0 Å². The topological polar surface area (TPSA) is 33.2 Å². The van der Waals surface area contributed by atoms with Gasteiger partial charge in [0.15, 0.2) is 0 Å². The molecule has 0 aromatic carbocycles. The molecule has 1 aromatic rings. The SMILES string of the molecule is O=C(/C=C/c1cccnc1)SN1CCCC1. The standard InChI is InChI=1S/C12H14N2OS/c15-12(16-14-8-1-2-9-14)6-5-11-4-3-7-13-10-11/h3-7,10H,1-2,8-9H2/b6-5+. The molecule has 1 saturated heterocycles. The van der Waals surface area contributed by atoms with Gasteiger partial charge in [0.25, 0.3) is 0 Å². The molecule has 0 bridgehead atoms. The second-order valence-electron chi connectivity index (χ2n) is 3.67. The molecule has 1 aliphatic rings. The molecule has 2 rings (SSSR count). The average molecular weight is 234 g/mol. The van der Waals surface area contributed by atoms with E-state index >= 15 is 0 Å². The number of hydrogen-bond donors (Lipinski definition) is 0. The van der Waals surface area contributed by atoms with Gasteiger partial charge in [-0.25, -0.2) is 4.31 Å². The summed E-state index contributed by atoms with van der Waals surface area (Å²) in [6.07, 6.45) is 9.28. The van der Waals surface area contributed by atoms with E-state index in [0.717, 1.165) is 18.7 Å². The van der Waals surface area contributed by atoms with Crippen molar-refractivity contribution in [3.05, 3.63) is 36.2 Å². The lowest BCUT2D eigenvalue weighted by atomic mass is 10.3. The predicted molar refractivity (Wildman–Crippen MR) is 66.7 cm³/mol. The molecule has 16 heavy (non-hydrogen) atoms. The fraction of sp³-hybridized carbons (Fsp3) is 0.333. The third-order valence-electron chi connectivity index (χ3n) is 2.38. The summed E-state index contributed by atoms with van der Waals surface area (Å²) in [5.41, 5.74) is 0.956. The van der Waals surface area contributed by atoms with E-state index in [9.17, 15) is 4.79 Å². The molecule has 4 heteroatoms. The zero-order valence-corrected chi connectivity index (χ0v) is 9.82. The molecule has 0 unspecified atom stereocenters. The van der Waals surface area contributed by atoms with E-state index < -0.39 is 0 Å². The number of carbonyl (C=O) groups excluding carboxylic acids is 1. The van der Waals surface area contributed by atoms with Crippen molar-refractivity contribution in [2.24, 2.45) is 0 Å². The number of pyridine rings is 1. The van der Waals surface area contributed by atoms with Crippen molar-refractivity contribution in [2.75, 3.05) is 13.1 Å². The van der Waals surface area contributed by atoms with Crippen LogP contribution in [-0.2, 0) is 4.79 Å². The molecule has 3 nitrogen and oxygen atoms in total. The Bertz CT molecular complexity index is 372. The van der Waals surface area contributed by atoms with Crippen LogP contribution in [0.3, 0.4) is 0 Å². The van der Waals surface area contributed by atoms with E-state index in [4.69, 9.17) is 0 Å². The fourth-order valence-corrected chi connectivity index (χ4v) is 2.40. The third kappa shape index (κ3) is 3.47. The molecule has 0 N–H and O–H groups in total. The van der Waals surface area contributed by atoms with Crippen LogP contribution in [0.1, 0.15) is 18.4 Å². The monoisotopic (exact) mass is 234 g/mol. The Morgan fingerprint density at radius 3 is 2.94 bits per heavy atom. The minimum Gasteiger partial charge on any atom is -0.281 e. The molecule has 2 heterocycles. The molecule has 0 amide bonds. The number of nitrogens with zero attached hydrogens (tertiary/aromatic N) is 2. The normalized spacial score (nSPS) is 17.0. The summed E-state index contributed by atoms with van der Waals surface area (Å²) in [6.45, 7) is 2.05. The molecule has 0 spiro atoms. The van der Waals surface area contributed by atoms with Gasteiger partial charge in [0, 0.05) is 37.4 Å². The molecule has 1 fully saturated rings. The maximum atomic E-state index is 11.6. The van der Waals surface area contributed by atoms with Crippen molar-refractivity contribution in [1.82, 2.24) is 9.29 Å². The van der Waals surface area contributed by atoms with E-state index in [2.05, 4.69) is 9.29 Å². The van der Waals surface area contributed by atoms with Crippen LogP contribution in [0.4, 0.5) is 0 Å². The van der Waals surface area contributed by atoms with Crippen molar-refractivity contribution >= 4 is 23.1 Å². The molecular weight excluding hydrogens is 220 g/mol. The molecule has 0 radical (unpaired) electrons. The number of aromatic nitrogens is 1. The minimum atomic E-state index is 0.0887. The van der Waals surface area contributed by atoms with E-state index in [-0.39, 0.29) is 5.12 Å². The lowest BCUT2D eigenvalue weighted by Crippen LogP contribution is -2.11. The molecular formula is C12H14N2OS. The van der Waals surface area contributed by atoms with Gasteiger partial charge in [-0.1, -0.05) is 6.07 Å². The third-order valence-corrected chi connectivity index (χ3v) is 3.32. The Balaban J connectivity index is 1.84. The van der Waals surface area contributed by atoms with Crippen LogP contribution in [0.2, 0.25) is 0 Å². The highest BCUT2D eigenvalue weighted by Crippen LogP contribution is 2.19. The summed E-state index contributed by atoms with van der Waals surface area (Å²) in [5, 5.41) is 0.0887. The predicted octanol–water partition coefficient (Wildman–Crippen LogP) is 2.37. The van der Waals surface area contributed by atoms with Crippen LogP contribution < -0.4 is 0 Å². The van der Waals surface area contributed by atoms with Gasteiger partial charge in [0.1, 0.15) is 0 Å². The van der Waals surface area contributed by atoms with Gasteiger partial charge in [-0.3, -0.25) is 9.78 Å². The zero-order valence-electron chi connectivity index (χ0n) is 9.00. The Hall–Kier alpha value is -1.13. The maximum absolute atomic E-state index is 11.6. The van der Waals surface area contributed by atoms with Crippen LogP contribution in [0, 0.1) is 0 Å². The van der Waals surface area contributed by atoms with Crippen LogP contribution in [0.15, 0.2) is 30.6 Å². The Labute approximate surface area is 99.7 Å². The first-order valence-electron chi connectivity index (χ1n) is 5.39. The van der Waals surface area contributed by atoms with Crippen molar-refractivity contribution < 1.29 is 4.79 Å². The van der Waals surface area contributed by atoms with Crippen LogP contribution in [0.5, 0.6) is 0 Å². The van der Waals surface area contributed by atoms with Crippen molar-refractivity contribution in [1.29, 1.82) is 0 Å². The molecule has 0 atom stereocenters. The van der Waals surface area contributed by atoms with E-state index in [1.54, 1.807) is 24.5 Å². The lowest BCUT2D eigenvalue weighted by Gasteiger charge is -2.09. The fourth-order valence-electron chi connectivity index (χ4n) is 1.58. The first-order valence-corrected chi connectivity index (χ1v) is 6.17. The molecule has 1 aliphatic heterocycles. The molecule has 0 saturated carbocycles. The highest BCUT2D eigenvalue weighted by atomic mass is 32.2. The van der Waals surface area contributed by atoms with Crippen molar-refractivity contribution in [3.63, 3.8) is 0 Å². The Morgan fingerprint density at radius 1 is 1.44 bits per heavy atom. The quantitative estimate of drug-likeness (QED) is 0.594. The number of hydrogen-bond acceptors (Lipinski definition) is 4. The summed E-state index contributed by atoms with van der Waals surface area (Å²) in [6, 6.07) is 3.79. The lowest BCUT2D eigenvalue weighted by molar-refractivity contribution is -0.107. The first-order chi connectivity index (χ1) is 7.84. The minimum absolute atomic E-state index is 0.0887. The van der Waals surface area contributed by atoms with Gasteiger partial charge < -0.3 is 0 Å². The zero-order chi connectivity index (χ0) is 11.2. The van der Waals surface area contributed by atoms with Gasteiger partial charge in [0.05, 0.1) is 0 Å². The average Bonchev–Trinajstić information content (AvgIpc) is 2.81. The summed E-state index contributed by atoms with van der Waals surface area (Å²) in [7, 11) is 0. The van der Waals surface area contributed by atoms with Gasteiger partial charge in [-0.2, -0.15) is 0 Å². The Morgan fingerprint density at radius 2 is 2.25 bits per heavy atom. The second-order valence-corrected chi connectivity index (χ2v) is 4.77. The summed E-state index contributed by atoms with van der Waals surface area (Å²) >= 11 is 1.31. The van der Waals surface area contributed by atoms with Gasteiger partial charge in [-0.15, -0.1) is 0 Å². The first kappa shape index (κ1) is 11.4. The molecule has 84 valence electrons. The summed E-state index contributed by atoms with van der Waals surface area (Å²) in [5.74, 6) is 0. The summed E-state index contributed by atoms with van der Waals surface area (Å²) in [4.78, 5) is 15.6. The van der Waals surface area contributed by atoms with E-state index in [1.807, 2.05) is 12.1 Å². The highest BCUT2D eigenvalue weighted by molar-refractivity contribution is 8.12. The van der Waals surface area contributed by atoms with Crippen LogP contribution >= 0.6 is 11.9 Å². The molecule has 0 aliphatic carbocycles. The number of carbonyl (C=O) groups is 1. The van der Waals surface area contributed by atoms with Crippen molar-refractivity contribution in [3.8, 4) is 0 Å². The van der Waals surface area contributed by atoms with E-state index in [1.165, 1.54) is 24.8 Å². The largest absolute Gasteiger partial charge is 0.281 e. The highest BCUT2D eigenvalue weighted by Gasteiger charge is 2.14. The summed E-state index contributed by atoms with van der Waals surface area (Å²) < 4.78 is 2.12. The molecule has 1 aromatic heterocycles. The smallest absolute Gasteiger partial charge is 0.227 e. The second kappa shape index (κ2) is 5.82. The van der Waals surface area contributed by atoms with Crippen molar-refractivity contribution in [2.45, 2.75) is 12.8 Å².